The molecule has 0 saturated heterocycles. The maximum Gasteiger partial charge on any atom is 0.238 e. The van der Waals surface area contributed by atoms with Gasteiger partial charge in [-0.25, -0.2) is 8.78 Å². The van der Waals surface area contributed by atoms with Gasteiger partial charge in [0.15, 0.2) is 0 Å². The van der Waals surface area contributed by atoms with Crippen LogP contribution in [-0.4, -0.2) is 16.2 Å². The highest BCUT2D eigenvalue weighted by Gasteiger charge is 2.01. The van der Waals surface area contributed by atoms with Gasteiger partial charge in [-0.15, -0.1) is 0 Å². The second-order valence-electron chi connectivity index (χ2n) is 2.54. The topological polar surface area (TPSA) is 43.8 Å². The van der Waals surface area contributed by atoms with Crippen LogP contribution in [0.5, 0.6) is 0 Å². The van der Waals surface area contributed by atoms with E-state index >= 15 is 0 Å². The van der Waals surface area contributed by atoms with E-state index in [1.54, 1.807) is 16.9 Å². The molecule has 12 heavy (non-hydrogen) atoms. The number of hydrogen-bond acceptors (Lipinski definition) is 2. The minimum absolute atomic E-state index is 0.0836. The third-order valence-electron chi connectivity index (χ3n) is 1.47. The number of aryl methyl sites for hydroxylation is 1. The van der Waals surface area contributed by atoms with E-state index in [0.717, 1.165) is 0 Å². The highest BCUT2D eigenvalue weighted by Crippen LogP contribution is 2.05. The van der Waals surface area contributed by atoms with E-state index in [1.165, 1.54) is 0 Å². The summed E-state index contributed by atoms with van der Waals surface area (Å²) < 4.78 is 24.9. The lowest BCUT2D eigenvalue weighted by Gasteiger charge is -1.99. The number of aromatic nitrogens is 2. The quantitative estimate of drug-likeness (QED) is 0.753. The van der Waals surface area contributed by atoms with Gasteiger partial charge in [-0.2, -0.15) is 5.10 Å². The smallest absolute Gasteiger partial charge is 0.238 e. The van der Waals surface area contributed by atoms with Crippen molar-refractivity contribution in [2.45, 2.75) is 25.8 Å². The van der Waals surface area contributed by atoms with Crippen LogP contribution in [0.3, 0.4) is 0 Å². The van der Waals surface area contributed by atoms with Crippen LogP contribution in [0.4, 0.5) is 14.6 Å². The number of nitrogens with zero attached hydrogens (tertiary/aromatic N) is 2. The zero-order valence-electron chi connectivity index (χ0n) is 6.58. The Morgan fingerprint density at radius 3 is 2.83 bits per heavy atom. The molecule has 5 heteroatoms. The van der Waals surface area contributed by atoms with Gasteiger partial charge in [0.05, 0.1) is 0 Å². The molecular formula is C7H11F2N3. The van der Waals surface area contributed by atoms with E-state index in [-0.39, 0.29) is 6.42 Å². The van der Waals surface area contributed by atoms with Gasteiger partial charge >= 0.3 is 0 Å². The van der Waals surface area contributed by atoms with E-state index in [4.69, 9.17) is 5.73 Å². The van der Waals surface area contributed by atoms with Gasteiger partial charge in [-0.3, -0.25) is 4.68 Å². The Hall–Kier alpha value is -1.13. The fourth-order valence-corrected chi connectivity index (χ4v) is 0.910. The van der Waals surface area contributed by atoms with E-state index in [1.807, 2.05) is 0 Å². The molecule has 1 aromatic heterocycles. The van der Waals surface area contributed by atoms with Gasteiger partial charge < -0.3 is 5.73 Å². The molecule has 0 unspecified atom stereocenters. The minimum Gasteiger partial charge on any atom is -0.382 e. The first kappa shape index (κ1) is 8.96. The van der Waals surface area contributed by atoms with Gasteiger partial charge in [0.25, 0.3) is 0 Å². The predicted octanol–water partition coefficient (Wildman–Crippen LogP) is 1.51. The van der Waals surface area contributed by atoms with Gasteiger partial charge in [-0.05, 0) is 12.5 Å². The summed E-state index contributed by atoms with van der Waals surface area (Å²) >= 11 is 0. The summed E-state index contributed by atoms with van der Waals surface area (Å²) in [5.41, 5.74) is 5.33. The first-order valence-electron chi connectivity index (χ1n) is 3.75. The molecule has 2 N–H and O–H groups in total. The summed E-state index contributed by atoms with van der Waals surface area (Å²) in [6.45, 7) is 0.502. The standard InChI is InChI=1S/C7H11F2N3/c8-6(9)2-1-4-12-5-3-7(10)11-12/h3,5-6H,1-2,4H2,(H2,10,11). The molecule has 1 rings (SSSR count). The molecule has 0 aromatic carbocycles. The third-order valence-corrected chi connectivity index (χ3v) is 1.47. The molecule has 0 aliphatic rings. The van der Waals surface area contributed by atoms with Gasteiger partial charge in [-0.1, -0.05) is 0 Å². The summed E-state index contributed by atoms with van der Waals surface area (Å²) in [6, 6.07) is 1.64. The highest BCUT2D eigenvalue weighted by atomic mass is 19.3. The third kappa shape index (κ3) is 2.86. The maximum absolute atomic E-state index is 11.7. The summed E-state index contributed by atoms with van der Waals surface area (Å²) in [5, 5.41) is 3.86. The monoisotopic (exact) mass is 175 g/mol. The fourth-order valence-electron chi connectivity index (χ4n) is 0.910. The van der Waals surface area contributed by atoms with Crippen molar-refractivity contribution in [2.75, 3.05) is 5.73 Å². The van der Waals surface area contributed by atoms with Crippen molar-refractivity contribution < 1.29 is 8.78 Å². The van der Waals surface area contributed by atoms with Crippen molar-refractivity contribution in [3.8, 4) is 0 Å². The lowest BCUT2D eigenvalue weighted by atomic mass is 10.3. The number of halogens is 2. The van der Waals surface area contributed by atoms with Gasteiger partial charge in [0.1, 0.15) is 5.82 Å². The van der Waals surface area contributed by atoms with Crippen LogP contribution >= 0.6 is 0 Å². The predicted molar refractivity (Wildman–Crippen MR) is 41.9 cm³/mol. The Morgan fingerprint density at radius 1 is 1.58 bits per heavy atom. The van der Waals surface area contributed by atoms with Crippen molar-refractivity contribution in [3.63, 3.8) is 0 Å². The molecule has 0 bridgehead atoms. The molecule has 1 heterocycles. The Morgan fingerprint density at radius 2 is 2.33 bits per heavy atom. The molecule has 68 valence electrons. The molecule has 0 aliphatic carbocycles. The van der Waals surface area contributed by atoms with Crippen molar-refractivity contribution in [1.82, 2.24) is 9.78 Å². The number of hydrogen-bond donors (Lipinski definition) is 1. The summed E-state index contributed by atoms with van der Waals surface area (Å²) in [5.74, 6) is 0.423. The average molecular weight is 175 g/mol. The molecule has 1 aromatic rings. The first-order valence-corrected chi connectivity index (χ1v) is 3.75. The lowest BCUT2D eigenvalue weighted by Crippen LogP contribution is -2.01. The Balaban J connectivity index is 2.24. The molecule has 0 amide bonds. The van der Waals surface area contributed by atoms with Crippen LogP contribution in [0.1, 0.15) is 12.8 Å². The molecule has 0 fully saturated rings. The highest BCUT2D eigenvalue weighted by molar-refractivity contribution is 5.23. The van der Waals surface area contributed by atoms with Gasteiger partial charge in [0.2, 0.25) is 6.43 Å². The number of rotatable bonds is 4. The summed E-state index contributed by atoms with van der Waals surface area (Å²) in [6.07, 6.45) is -0.197. The number of nitrogen functional groups attached to an aromatic ring is 1. The molecule has 0 saturated carbocycles. The maximum atomic E-state index is 11.7. The lowest BCUT2D eigenvalue weighted by molar-refractivity contribution is 0.132. The van der Waals surface area contributed by atoms with Crippen LogP contribution < -0.4 is 5.73 Å². The molecule has 0 atom stereocenters. The number of anilines is 1. The van der Waals surface area contributed by atoms with Crippen molar-refractivity contribution in [1.29, 1.82) is 0 Å². The first-order chi connectivity index (χ1) is 5.68. The Labute approximate surface area is 69.2 Å². The van der Waals surface area contributed by atoms with Crippen LogP contribution in [0, 0.1) is 0 Å². The molecule has 3 nitrogen and oxygen atoms in total. The molecule has 0 aliphatic heterocycles. The van der Waals surface area contributed by atoms with Crippen LogP contribution in [0.2, 0.25) is 0 Å². The van der Waals surface area contributed by atoms with Crippen molar-refractivity contribution in [3.05, 3.63) is 12.3 Å². The minimum atomic E-state index is -2.22. The second-order valence-corrected chi connectivity index (χ2v) is 2.54. The van der Waals surface area contributed by atoms with Crippen molar-refractivity contribution >= 4 is 5.82 Å². The largest absolute Gasteiger partial charge is 0.382 e. The molecular weight excluding hydrogens is 164 g/mol. The van der Waals surface area contributed by atoms with E-state index in [0.29, 0.717) is 18.8 Å². The zero-order valence-corrected chi connectivity index (χ0v) is 6.58. The molecule has 0 radical (unpaired) electrons. The van der Waals surface area contributed by atoms with Crippen LogP contribution in [-0.2, 0) is 6.54 Å². The van der Waals surface area contributed by atoms with E-state index in [2.05, 4.69) is 5.10 Å². The van der Waals surface area contributed by atoms with Crippen molar-refractivity contribution in [2.24, 2.45) is 0 Å². The fraction of sp³-hybridized carbons (Fsp3) is 0.571. The zero-order chi connectivity index (χ0) is 8.97. The van der Waals surface area contributed by atoms with E-state index in [9.17, 15) is 8.78 Å². The average Bonchev–Trinajstić information content (AvgIpc) is 2.35. The number of alkyl halides is 2. The SMILES string of the molecule is Nc1ccn(CCCC(F)F)n1. The molecule has 0 spiro atoms. The number of nitrogens with two attached hydrogens (primary N) is 1. The summed E-state index contributed by atoms with van der Waals surface area (Å²) in [7, 11) is 0. The van der Waals surface area contributed by atoms with Gasteiger partial charge in [0, 0.05) is 19.2 Å². The van der Waals surface area contributed by atoms with Crippen LogP contribution in [0.25, 0.3) is 0 Å². The second kappa shape index (κ2) is 4.04. The van der Waals surface area contributed by atoms with E-state index < -0.39 is 6.43 Å². The summed E-state index contributed by atoms with van der Waals surface area (Å²) in [4.78, 5) is 0. The van der Waals surface area contributed by atoms with Crippen LogP contribution in [0.15, 0.2) is 12.3 Å². The normalized spacial score (nSPS) is 10.9. The Kier molecular flexibility index (Phi) is 3.01. The Bertz CT molecular complexity index is 234.